The van der Waals surface area contributed by atoms with Crippen LogP contribution in [0.2, 0.25) is 0 Å². The van der Waals surface area contributed by atoms with Gasteiger partial charge in [-0.3, -0.25) is 0 Å². The van der Waals surface area contributed by atoms with E-state index >= 15 is 0 Å². The molecule has 6 nitrogen and oxygen atoms in total. The largest absolute Gasteiger partial charge is 0.393 e. The maximum Gasteiger partial charge on any atom is 0.113 e. The number of aliphatic hydroxyl groups excluding tert-OH is 4. The maximum absolute atomic E-state index is 9.34. The van der Waals surface area contributed by atoms with Crippen LogP contribution in [-0.4, -0.2) is 68.3 Å². The number of aliphatic hydroxyl groups is 6. The van der Waals surface area contributed by atoms with Gasteiger partial charge in [-0.05, 0) is 0 Å². The van der Waals surface area contributed by atoms with E-state index < -0.39 is 44.1 Å². The van der Waals surface area contributed by atoms with Crippen LogP contribution in [0.15, 0.2) is 0 Å². The highest BCUT2D eigenvalue weighted by Crippen LogP contribution is 2.19. The van der Waals surface area contributed by atoms with Crippen LogP contribution in [-0.2, 0) is 0 Å². The van der Waals surface area contributed by atoms with Gasteiger partial charge in [0.1, 0.15) is 11.2 Å². The lowest BCUT2D eigenvalue weighted by molar-refractivity contribution is -0.139. The molecule has 6 N–H and O–H groups in total. The predicted molar refractivity (Wildman–Crippen MR) is 42.9 cm³/mol. The summed E-state index contributed by atoms with van der Waals surface area (Å²) in [6.07, 6.45) is -0.500. The Morgan fingerprint density at radius 2 is 0.846 bits per heavy atom. The smallest absolute Gasteiger partial charge is 0.113 e. The van der Waals surface area contributed by atoms with Crippen LogP contribution in [0.25, 0.3) is 0 Å². The van der Waals surface area contributed by atoms with Crippen molar-refractivity contribution in [3.05, 3.63) is 0 Å². The molecule has 0 saturated heterocycles. The third-order valence-corrected chi connectivity index (χ3v) is 1.84. The summed E-state index contributed by atoms with van der Waals surface area (Å²) in [5.74, 6) is 0. The van der Waals surface area contributed by atoms with Crippen LogP contribution in [0, 0.1) is 0 Å². The van der Waals surface area contributed by atoms with E-state index in [-0.39, 0.29) is 0 Å². The van der Waals surface area contributed by atoms with Gasteiger partial charge in [-0.1, -0.05) is 0 Å². The van der Waals surface area contributed by atoms with Crippen molar-refractivity contribution in [1.82, 2.24) is 0 Å². The monoisotopic (exact) mass is 196 g/mol. The summed E-state index contributed by atoms with van der Waals surface area (Å²) < 4.78 is 0. The first-order valence-corrected chi connectivity index (χ1v) is 3.83. The highest BCUT2D eigenvalue weighted by Gasteiger charge is 2.37. The lowest BCUT2D eigenvalue weighted by atomic mass is 9.89. The van der Waals surface area contributed by atoms with Gasteiger partial charge in [-0.15, -0.1) is 0 Å². The molecule has 0 amide bonds. The molecular weight excluding hydrogens is 180 g/mol. The Morgan fingerprint density at radius 3 is 1.00 bits per heavy atom. The highest BCUT2D eigenvalue weighted by molar-refractivity contribution is 4.89. The van der Waals surface area contributed by atoms with Gasteiger partial charge in [0.05, 0.1) is 26.4 Å². The molecule has 0 radical (unpaired) electrons. The zero-order chi connectivity index (χ0) is 10.5. The summed E-state index contributed by atoms with van der Waals surface area (Å²) in [5, 5.41) is 53.3. The Kier molecular flexibility index (Phi) is 4.76. The van der Waals surface area contributed by atoms with Gasteiger partial charge in [0.2, 0.25) is 0 Å². The molecule has 0 aliphatic heterocycles. The van der Waals surface area contributed by atoms with Crippen LogP contribution in [0.1, 0.15) is 6.42 Å². The quantitative estimate of drug-likeness (QED) is 0.266. The predicted octanol–water partition coefficient (Wildman–Crippen LogP) is -3.19. The van der Waals surface area contributed by atoms with Crippen LogP contribution in [0.3, 0.4) is 0 Å². The SMILES string of the molecule is OCC(O)(CO)CC(O)(CO)CO. The van der Waals surface area contributed by atoms with Crippen LogP contribution in [0.4, 0.5) is 0 Å². The van der Waals surface area contributed by atoms with Crippen molar-refractivity contribution >= 4 is 0 Å². The van der Waals surface area contributed by atoms with E-state index in [1.54, 1.807) is 0 Å². The Morgan fingerprint density at radius 1 is 0.615 bits per heavy atom. The first-order valence-electron chi connectivity index (χ1n) is 3.83. The molecule has 0 aliphatic carbocycles. The fraction of sp³-hybridized carbons (Fsp3) is 1.00. The molecule has 0 heterocycles. The van der Waals surface area contributed by atoms with E-state index in [4.69, 9.17) is 20.4 Å². The van der Waals surface area contributed by atoms with Crippen molar-refractivity contribution in [3.8, 4) is 0 Å². The van der Waals surface area contributed by atoms with Crippen molar-refractivity contribution < 1.29 is 30.6 Å². The summed E-state index contributed by atoms with van der Waals surface area (Å²) in [7, 11) is 0. The van der Waals surface area contributed by atoms with Gasteiger partial charge < -0.3 is 30.6 Å². The van der Waals surface area contributed by atoms with Gasteiger partial charge >= 0.3 is 0 Å². The third kappa shape index (κ3) is 3.55. The summed E-state index contributed by atoms with van der Waals surface area (Å²) >= 11 is 0. The Hall–Kier alpha value is -0.240. The molecule has 0 aromatic carbocycles. The molecule has 0 saturated carbocycles. The van der Waals surface area contributed by atoms with Crippen molar-refractivity contribution in [1.29, 1.82) is 0 Å². The normalized spacial score (nSPS) is 13.4. The molecule has 6 heteroatoms. The number of rotatable bonds is 6. The minimum atomic E-state index is -1.89. The molecule has 0 bridgehead atoms. The standard InChI is InChI=1S/C7H16O6/c8-2-6(12,3-9)1-7(13,4-10)5-11/h8-13H,1-5H2. The lowest BCUT2D eigenvalue weighted by Gasteiger charge is -2.32. The highest BCUT2D eigenvalue weighted by atomic mass is 16.4. The van der Waals surface area contributed by atoms with Gasteiger partial charge in [0, 0.05) is 6.42 Å². The van der Waals surface area contributed by atoms with Gasteiger partial charge in [0.25, 0.3) is 0 Å². The maximum atomic E-state index is 9.34. The molecular formula is C7H16O6. The van der Waals surface area contributed by atoms with Crippen molar-refractivity contribution in [2.45, 2.75) is 17.6 Å². The summed E-state index contributed by atoms with van der Waals surface area (Å²) in [6, 6.07) is 0. The molecule has 0 unspecified atom stereocenters. The second-order valence-corrected chi connectivity index (χ2v) is 3.26. The van der Waals surface area contributed by atoms with E-state index in [2.05, 4.69) is 0 Å². The number of hydrogen-bond donors (Lipinski definition) is 6. The molecule has 13 heavy (non-hydrogen) atoms. The molecule has 0 aromatic rings. The molecule has 0 spiro atoms. The second kappa shape index (κ2) is 4.85. The minimum Gasteiger partial charge on any atom is -0.393 e. The minimum absolute atomic E-state index is 0.500. The molecule has 0 atom stereocenters. The van der Waals surface area contributed by atoms with Gasteiger partial charge in [0.15, 0.2) is 0 Å². The third-order valence-electron chi connectivity index (χ3n) is 1.84. The van der Waals surface area contributed by atoms with Crippen molar-refractivity contribution in [2.24, 2.45) is 0 Å². The lowest BCUT2D eigenvalue weighted by Crippen LogP contribution is -2.50. The summed E-state index contributed by atoms with van der Waals surface area (Å²) in [4.78, 5) is 0. The van der Waals surface area contributed by atoms with Crippen molar-refractivity contribution in [3.63, 3.8) is 0 Å². The molecule has 0 aliphatic rings. The topological polar surface area (TPSA) is 121 Å². The first kappa shape index (κ1) is 12.8. The van der Waals surface area contributed by atoms with E-state index in [1.165, 1.54) is 0 Å². The Labute approximate surface area is 75.7 Å². The Bertz CT molecular complexity index is 124. The summed E-state index contributed by atoms with van der Waals surface area (Å²) in [6.45, 7) is -3.03. The second-order valence-electron chi connectivity index (χ2n) is 3.26. The first-order chi connectivity index (χ1) is 5.95. The average Bonchev–Trinajstić information content (AvgIpc) is 2.17. The fourth-order valence-electron chi connectivity index (χ4n) is 0.936. The molecule has 0 fully saturated rings. The van der Waals surface area contributed by atoms with Crippen LogP contribution in [0.5, 0.6) is 0 Å². The Balaban J connectivity index is 4.36. The fourth-order valence-corrected chi connectivity index (χ4v) is 0.936. The van der Waals surface area contributed by atoms with E-state index in [0.717, 1.165) is 0 Å². The molecule has 80 valence electrons. The summed E-state index contributed by atoms with van der Waals surface area (Å²) in [5.41, 5.74) is -3.78. The molecule has 0 aromatic heterocycles. The van der Waals surface area contributed by atoms with Crippen LogP contribution < -0.4 is 0 Å². The molecule has 0 rings (SSSR count). The zero-order valence-electron chi connectivity index (χ0n) is 7.22. The van der Waals surface area contributed by atoms with E-state index in [9.17, 15) is 10.2 Å². The van der Waals surface area contributed by atoms with Gasteiger partial charge in [-0.25, -0.2) is 0 Å². The zero-order valence-corrected chi connectivity index (χ0v) is 7.22. The van der Waals surface area contributed by atoms with Crippen LogP contribution >= 0.6 is 0 Å². The van der Waals surface area contributed by atoms with E-state index in [0.29, 0.717) is 0 Å². The van der Waals surface area contributed by atoms with Gasteiger partial charge in [-0.2, -0.15) is 0 Å². The average molecular weight is 196 g/mol. The number of hydrogen-bond acceptors (Lipinski definition) is 6. The van der Waals surface area contributed by atoms with Crippen molar-refractivity contribution in [2.75, 3.05) is 26.4 Å². The van der Waals surface area contributed by atoms with E-state index in [1.807, 2.05) is 0 Å².